The summed E-state index contributed by atoms with van der Waals surface area (Å²) in [6.07, 6.45) is 1.72. The van der Waals surface area contributed by atoms with E-state index in [0.29, 0.717) is 28.8 Å². The van der Waals surface area contributed by atoms with Gasteiger partial charge in [-0.25, -0.2) is 4.57 Å². The van der Waals surface area contributed by atoms with Crippen molar-refractivity contribution in [3.05, 3.63) is 111 Å². The number of thiazole rings is 1. The molecule has 0 bridgehead atoms. The van der Waals surface area contributed by atoms with Gasteiger partial charge in [0.1, 0.15) is 16.8 Å². The Bertz CT molecular complexity index is 1280. The molecule has 0 aliphatic carbocycles. The molecular weight excluding hydrogens is 484 g/mol. The lowest BCUT2D eigenvalue weighted by Crippen LogP contribution is -3.00. The number of azo groups is 1. The summed E-state index contributed by atoms with van der Waals surface area (Å²) in [5, 5.41) is 27.3. The van der Waals surface area contributed by atoms with Crippen LogP contribution in [-0.4, -0.2) is 4.92 Å². The first-order valence-corrected chi connectivity index (χ1v) is 11.6. The number of anilines is 2. The molecule has 1 heterocycles. The minimum absolute atomic E-state index is 0. The summed E-state index contributed by atoms with van der Waals surface area (Å²) >= 11 is 1.26. The van der Waals surface area contributed by atoms with Crippen LogP contribution in [0, 0.1) is 10.1 Å². The molecule has 0 aliphatic rings. The number of aryl methyl sites for hydroxylation is 1. The number of hydrogen-bond donors (Lipinski definition) is 2. The minimum Gasteiger partial charge on any atom is -1.00 e. The first-order valence-electron chi connectivity index (χ1n) is 10.8. The van der Waals surface area contributed by atoms with E-state index in [1.807, 2.05) is 54.6 Å². The summed E-state index contributed by atoms with van der Waals surface area (Å²) in [5.41, 5.74) is 4.76. The quantitative estimate of drug-likeness (QED) is 0.149. The molecule has 3 aromatic carbocycles. The van der Waals surface area contributed by atoms with Crippen molar-refractivity contribution in [1.82, 2.24) is 0 Å². The predicted molar refractivity (Wildman–Crippen MR) is 134 cm³/mol. The molecule has 0 unspecified atom stereocenters. The third-order valence-corrected chi connectivity index (χ3v) is 6.12. The molecule has 0 aliphatic heterocycles. The second-order valence-corrected chi connectivity index (χ2v) is 8.75. The summed E-state index contributed by atoms with van der Waals surface area (Å²) in [5.74, 6) is 0. The van der Waals surface area contributed by atoms with E-state index in [0.717, 1.165) is 16.9 Å². The van der Waals surface area contributed by atoms with Crippen molar-refractivity contribution in [2.24, 2.45) is 17.3 Å². The number of nitrogens with zero attached hydrogens (tertiary/aromatic N) is 4. The van der Waals surface area contributed by atoms with Crippen LogP contribution >= 0.6 is 11.3 Å². The third kappa shape index (κ3) is 7.33. The number of para-hydroxylation sites is 1. The molecule has 0 spiro atoms. The zero-order valence-electron chi connectivity index (χ0n) is 19.1. The highest BCUT2D eigenvalue weighted by molar-refractivity contribution is 7.14. The van der Waals surface area contributed by atoms with Gasteiger partial charge in [-0.1, -0.05) is 66.7 Å². The Morgan fingerprint density at radius 2 is 1.51 bits per heavy atom. The van der Waals surface area contributed by atoms with Crippen LogP contribution in [0.2, 0.25) is 0 Å². The van der Waals surface area contributed by atoms with E-state index in [9.17, 15) is 10.1 Å². The SMILES string of the molecule is C[n+]1cc(C[N+](=O)[O-])sc1N=Nc1cccc(NCc2ccccc2)c1NCc1ccccc1.[Cl-]. The normalized spacial score (nSPS) is 10.7. The van der Waals surface area contributed by atoms with E-state index in [1.165, 1.54) is 16.9 Å². The van der Waals surface area contributed by atoms with Crippen LogP contribution in [0.4, 0.5) is 22.2 Å². The molecule has 0 fully saturated rings. The molecule has 10 heteroatoms. The van der Waals surface area contributed by atoms with Gasteiger partial charge in [-0.2, -0.15) is 0 Å². The van der Waals surface area contributed by atoms with Crippen molar-refractivity contribution < 1.29 is 21.9 Å². The standard InChI is InChI=1S/C25H24N6O2S.ClH/c1-30-17-21(18-31(32)33)34-25(30)29-28-23-14-8-13-22(26-15-19-9-4-2-5-10-19)24(23)27-16-20-11-6-3-7-12-20;/h2-14,17H,15-16,18H2,1H3,(H,26,28);1H. The van der Waals surface area contributed by atoms with Crippen molar-refractivity contribution in [2.45, 2.75) is 19.6 Å². The molecule has 0 saturated heterocycles. The first kappa shape index (κ1) is 25.8. The second-order valence-electron chi connectivity index (χ2n) is 7.66. The van der Waals surface area contributed by atoms with Gasteiger partial charge >= 0.3 is 5.13 Å². The molecule has 4 rings (SSSR count). The van der Waals surface area contributed by atoms with Gasteiger partial charge in [-0.3, -0.25) is 10.1 Å². The van der Waals surface area contributed by atoms with Crippen molar-refractivity contribution in [2.75, 3.05) is 10.6 Å². The van der Waals surface area contributed by atoms with Gasteiger partial charge in [0.15, 0.2) is 0 Å². The average Bonchev–Trinajstić information content (AvgIpc) is 3.19. The van der Waals surface area contributed by atoms with Gasteiger partial charge in [-0.15, -0.1) is 0 Å². The topological polar surface area (TPSA) is 95.8 Å². The lowest BCUT2D eigenvalue weighted by molar-refractivity contribution is -0.655. The predicted octanol–water partition coefficient (Wildman–Crippen LogP) is 2.99. The van der Waals surface area contributed by atoms with Crippen molar-refractivity contribution >= 4 is 33.5 Å². The van der Waals surface area contributed by atoms with Crippen molar-refractivity contribution in [1.29, 1.82) is 0 Å². The highest BCUT2D eigenvalue weighted by Gasteiger charge is 2.18. The molecule has 2 N–H and O–H groups in total. The van der Waals surface area contributed by atoms with E-state index in [-0.39, 0.29) is 23.9 Å². The summed E-state index contributed by atoms with van der Waals surface area (Å²) in [7, 11) is 1.81. The summed E-state index contributed by atoms with van der Waals surface area (Å²) in [6.45, 7) is 1.08. The number of hydrogen-bond acceptors (Lipinski definition) is 7. The average molecular weight is 509 g/mol. The van der Waals surface area contributed by atoms with Gasteiger partial charge in [0.2, 0.25) is 6.54 Å². The monoisotopic (exact) mass is 508 g/mol. The van der Waals surface area contributed by atoms with E-state index < -0.39 is 0 Å². The molecule has 4 aromatic rings. The fourth-order valence-electron chi connectivity index (χ4n) is 3.41. The zero-order chi connectivity index (χ0) is 23.8. The molecule has 0 radical (unpaired) electrons. The van der Waals surface area contributed by atoms with E-state index >= 15 is 0 Å². The maximum Gasteiger partial charge on any atom is 0.408 e. The number of halogens is 1. The lowest BCUT2D eigenvalue weighted by atomic mass is 10.1. The first-order chi connectivity index (χ1) is 16.6. The fourth-order valence-corrected chi connectivity index (χ4v) is 4.30. The van der Waals surface area contributed by atoms with E-state index in [2.05, 4.69) is 45.1 Å². The molecule has 8 nitrogen and oxygen atoms in total. The molecule has 0 atom stereocenters. The zero-order valence-corrected chi connectivity index (χ0v) is 20.7. The van der Waals surface area contributed by atoms with Gasteiger partial charge < -0.3 is 23.0 Å². The summed E-state index contributed by atoms with van der Waals surface area (Å²) < 4.78 is 1.75. The molecule has 0 saturated carbocycles. The smallest absolute Gasteiger partial charge is 0.408 e. The van der Waals surface area contributed by atoms with Crippen molar-refractivity contribution in [3.63, 3.8) is 0 Å². The van der Waals surface area contributed by atoms with Gasteiger partial charge in [0, 0.05) is 18.0 Å². The lowest BCUT2D eigenvalue weighted by Gasteiger charge is -2.15. The van der Waals surface area contributed by atoms with E-state index in [4.69, 9.17) is 0 Å². The van der Waals surface area contributed by atoms with Crippen LogP contribution in [0.15, 0.2) is 95.3 Å². The van der Waals surface area contributed by atoms with Crippen LogP contribution in [0.3, 0.4) is 0 Å². The van der Waals surface area contributed by atoms with Crippen LogP contribution in [-0.2, 0) is 26.7 Å². The van der Waals surface area contributed by atoms with Gasteiger partial charge in [0.05, 0.1) is 23.5 Å². The molecule has 180 valence electrons. The fraction of sp³-hybridized carbons (Fsp3) is 0.160. The summed E-state index contributed by atoms with van der Waals surface area (Å²) in [6, 6.07) is 26.2. The molecule has 35 heavy (non-hydrogen) atoms. The number of nitrogens with one attached hydrogen (secondary N) is 2. The third-order valence-electron chi connectivity index (χ3n) is 5.07. The highest BCUT2D eigenvalue weighted by Crippen LogP contribution is 2.35. The largest absolute Gasteiger partial charge is 1.00 e. The maximum absolute atomic E-state index is 10.8. The minimum atomic E-state index is -0.347. The Kier molecular flexibility index (Phi) is 9.28. The van der Waals surface area contributed by atoms with Crippen molar-refractivity contribution in [3.8, 4) is 0 Å². The Morgan fingerprint density at radius 3 is 2.14 bits per heavy atom. The van der Waals surface area contributed by atoms with Crippen LogP contribution in [0.5, 0.6) is 0 Å². The number of rotatable bonds is 10. The summed E-state index contributed by atoms with van der Waals surface area (Å²) in [4.78, 5) is 11.1. The number of aromatic nitrogens is 1. The number of benzene rings is 3. The maximum atomic E-state index is 10.8. The van der Waals surface area contributed by atoms with Gasteiger partial charge in [-0.05, 0) is 39.7 Å². The molecular formula is C25H25ClN6O2S. The van der Waals surface area contributed by atoms with Crippen LogP contribution < -0.4 is 27.6 Å². The van der Waals surface area contributed by atoms with Gasteiger partial charge in [0.25, 0.3) is 0 Å². The number of nitro groups is 1. The van der Waals surface area contributed by atoms with E-state index in [1.54, 1.807) is 17.8 Å². The Morgan fingerprint density at radius 1 is 0.886 bits per heavy atom. The van der Waals surface area contributed by atoms with Crippen LogP contribution in [0.25, 0.3) is 0 Å². The molecule has 1 aromatic heterocycles. The highest BCUT2D eigenvalue weighted by atomic mass is 35.5. The Labute approximate surface area is 213 Å². The Balaban J connectivity index is 0.00000342. The second kappa shape index (κ2) is 12.6. The Hall–Kier alpha value is -3.82. The van der Waals surface area contributed by atoms with Crippen LogP contribution in [0.1, 0.15) is 16.0 Å². The molecule has 0 amide bonds.